The Morgan fingerprint density at radius 2 is 1.78 bits per heavy atom. The standard InChI is InChI=1S/C28H30N4O4S/c1-2-37(34,35)31-23-12-13-25-24(18-23)26(28(33)30-25)27(21-6-4-3-5-7-21)29-22-10-8-20(9-11-22)19-32-14-16-36-17-15-32/h3-13,18,30-31,33H,2,14-17,19H2,1H3. The number of morpholine rings is 1. The highest BCUT2D eigenvalue weighted by Gasteiger charge is 2.20. The number of aromatic amines is 1. The van der Waals surface area contributed by atoms with E-state index in [9.17, 15) is 13.5 Å². The first kappa shape index (κ1) is 25.0. The fraction of sp³-hybridized carbons (Fsp3) is 0.250. The number of H-pyrrole nitrogens is 1. The number of anilines is 1. The van der Waals surface area contributed by atoms with Crippen molar-refractivity contribution >= 4 is 38.0 Å². The maximum atomic E-state index is 12.1. The Morgan fingerprint density at radius 3 is 2.49 bits per heavy atom. The molecule has 0 atom stereocenters. The summed E-state index contributed by atoms with van der Waals surface area (Å²) >= 11 is 0. The zero-order chi connectivity index (χ0) is 25.8. The fourth-order valence-electron chi connectivity index (χ4n) is 4.42. The Balaban J connectivity index is 1.55. The van der Waals surface area contributed by atoms with Crippen LogP contribution in [-0.2, 0) is 21.3 Å². The number of fused-ring (bicyclic) bond motifs is 1. The number of nitrogens with zero attached hydrogens (tertiary/aromatic N) is 2. The fourth-order valence-corrected chi connectivity index (χ4v) is 5.05. The molecule has 1 aliphatic rings. The van der Waals surface area contributed by atoms with Gasteiger partial charge in [0.1, 0.15) is 0 Å². The Bertz CT molecular complexity index is 1510. The van der Waals surface area contributed by atoms with Crippen molar-refractivity contribution < 1.29 is 18.3 Å². The monoisotopic (exact) mass is 518 g/mol. The zero-order valence-corrected chi connectivity index (χ0v) is 21.5. The van der Waals surface area contributed by atoms with Gasteiger partial charge < -0.3 is 14.8 Å². The molecule has 0 aliphatic carbocycles. The molecule has 0 unspecified atom stereocenters. The SMILES string of the molecule is CCS(=O)(=O)Nc1ccc2[nH]c(O)c(C(=Nc3ccc(CN4CCOCC4)cc3)c3ccccc3)c2c1. The third-order valence-corrected chi connectivity index (χ3v) is 7.71. The molecule has 9 heteroatoms. The van der Waals surface area contributed by atoms with Crippen LogP contribution < -0.4 is 4.72 Å². The quantitative estimate of drug-likeness (QED) is 0.295. The first-order chi connectivity index (χ1) is 17.9. The smallest absolute Gasteiger partial charge is 0.232 e. The first-order valence-corrected chi connectivity index (χ1v) is 14.0. The summed E-state index contributed by atoms with van der Waals surface area (Å²) in [6, 6.07) is 22.9. The molecule has 3 aromatic carbocycles. The van der Waals surface area contributed by atoms with Crippen LogP contribution >= 0.6 is 0 Å². The summed E-state index contributed by atoms with van der Waals surface area (Å²) in [6.45, 7) is 5.82. The van der Waals surface area contributed by atoms with E-state index in [0.717, 1.165) is 44.1 Å². The lowest BCUT2D eigenvalue weighted by Crippen LogP contribution is -2.35. The first-order valence-electron chi connectivity index (χ1n) is 12.3. The maximum Gasteiger partial charge on any atom is 0.232 e. The molecule has 0 spiro atoms. The second-order valence-corrected chi connectivity index (χ2v) is 11.0. The van der Waals surface area contributed by atoms with Crippen LogP contribution in [0.3, 0.4) is 0 Å². The summed E-state index contributed by atoms with van der Waals surface area (Å²) < 4.78 is 32.3. The summed E-state index contributed by atoms with van der Waals surface area (Å²) in [4.78, 5) is 10.3. The van der Waals surface area contributed by atoms with Crippen molar-refractivity contribution in [2.45, 2.75) is 13.5 Å². The number of hydrogen-bond acceptors (Lipinski definition) is 6. The minimum absolute atomic E-state index is 0.0305. The van der Waals surface area contributed by atoms with Crippen molar-refractivity contribution in [1.29, 1.82) is 0 Å². The Kier molecular flexibility index (Phi) is 7.27. The van der Waals surface area contributed by atoms with Gasteiger partial charge in [0.25, 0.3) is 0 Å². The van der Waals surface area contributed by atoms with Crippen molar-refractivity contribution in [3.63, 3.8) is 0 Å². The van der Waals surface area contributed by atoms with E-state index in [1.54, 1.807) is 25.1 Å². The van der Waals surface area contributed by atoms with Gasteiger partial charge in [-0.05, 0) is 42.8 Å². The number of rotatable bonds is 8. The molecule has 2 heterocycles. The number of aromatic hydroxyl groups is 1. The number of sulfonamides is 1. The van der Waals surface area contributed by atoms with Crippen molar-refractivity contribution in [2.75, 3.05) is 36.8 Å². The van der Waals surface area contributed by atoms with Gasteiger partial charge in [0.2, 0.25) is 10.0 Å². The zero-order valence-electron chi connectivity index (χ0n) is 20.6. The van der Waals surface area contributed by atoms with Gasteiger partial charge in [-0.1, -0.05) is 42.5 Å². The molecular formula is C28H30N4O4S. The molecule has 0 amide bonds. The van der Waals surface area contributed by atoms with E-state index in [1.807, 2.05) is 42.5 Å². The van der Waals surface area contributed by atoms with Crippen molar-refractivity contribution in [1.82, 2.24) is 9.88 Å². The van der Waals surface area contributed by atoms with Crippen LogP contribution in [0.1, 0.15) is 23.6 Å². The summed E-state index contributed by atoms with van der Waals surface area (Å²) in [5, 5.41) is 11.6. The van der Waals surface area contributed by atoms with Crippen LogP contribution in [0.2, 0.25) is 0 Å². The normalized spacial score (nSPS) is 15.2. The second kappa shape index (κ2) is 10.8. The highest BCUT2D eigenvalue weighted by molar-refractivity contribution is 7.92. The lowest BCUT2D eigenvalue weighted by molar-refractivity contribution is 0.0342. The summed E-state index contributed by atoms with van der Waals surface area (Å²) in [5.41, 5.74) is 4.98. The highest BCUT2D eigenvalue weighted by atomic mass is 32.2. The van der Waals surface area contributed by atoms with Gasteiger partial charge in [0.15, 0.2) is 5.88 Å². The van der Waals surface area contributed by atoms with Gasteiger partial charge in [0, 0.05) is 41.8 Å². The molecule has 8 nitrogen and oxygen atoms in total. The highest BCUT2D eigenvalue weighted by Crippen LogP contribution is 2.33. The lowest BCUT2D eigenvalue weighted by atomic mass is 10.0. The Labute approximate surface area is 216 Å². The minimum atomic E-state index is -3.45. The average Bonchev–Trinajstić information content (AvgIpc) is 3.24. The predicted molar refractivity (Wildman–Crippen MR) is 147 cm³/mol. The minimum Gasteiger partial charge on any atom is -0.494 e. The van der Waals surface area contributed by atoms with Crippen molar-refractivity contribution in [2.24, 2.45) is 4.99 Å². The number of aliphatic imine (C=N–C) groups is 1. The van der Waals surface area contributed by atoms with Gasteiger partial charge >= 0.3 is 0 Å². The van der Waals surface area contributed by atoms with E-state index in [2.05, 4.69) is 26.7 Å². The molecule has 0 bridgehead atoms. The third-order valence-electron chi connectivity index (χ3n) is 6.40. The number of nitrogens with one attached hydrogen (secondary N) is 2. The third kappa shape index (κ3) is 5.85. The molecule has 192 valence electrons. The Hall–Kier alpha value is -3.66. The van der Waals surface area contributed by atoms with E-state index < -0.39 is 10.0 Å². The molecule has 1 saturated heterocycles. The Morgan fingerprint density at radius 1 is 1.05 bits per heavy atom. The van der Waals surface area contributed by atoms with Gasteiger partial charge in [-0.3, -0.25) is 9.62 Å². The molecule has 0 saturated carbocycles. The van der Waals surface area contributed by atoms with Crippen LogP contribution in [0.15, 0.2) is 77.8 Å². The van der Waals surface area contributed by atoms with Crippen LogP contribution in [0.25, 0.3) is 10.9 Å². The molecule has 4 aromatic rings. The summed E-state index contributed by atoms with van der Waals surface area (Å²) in [7, 11) is -3.45. The predicted octanol–water partition coefficient (Wildman–Crippen LogP) is 4.64. The molecule has 37 heavy (non-hydrogen) atoms. The number of benzene rings is 3. The summed E-state index contributed by atoms with van der Waals surface area (Å²) in [5.74, 6) is -0.0637. The number of hydrogen-bond donors (Lipinski definition) is 3. The molecular weight excluding hydrogens is 488 g/mol. The largest absolute Gasteiger partial charge is 0.494 e. The molecule has 1 fully saturated rings. The van der Waals surface area contributed by atoms with Crippen LogP contribution in [0.5, 0.6) is 5.88 Å². The molecule has 0 radical (unpaired) electrons. The van der Waals surface area contributed by atoms with Crippen LogP contribution in [0.4, 0.5) is 11.4 Å². The van der Waals surface area contributed by atoms with Gasteiger partial charge in [-0.15, -0.1) is 0 Å². The number of aromatic nitrogens is 1. The van der Waals surface area contributed by atoms with E-state index >= 15 is 0 Å². The van der Waals surface area contributed by atoms with Crippen molar-refractivity contribution in [3.8, 4) is 5.88 Å². The topological polar surface area (TPSA) is 107 Å². The lowest BCUT2D eigenvalue weighted by Gasteiger charge is -2.26. The van der Waals surface area contributed by atoms with Gasteiger partial charge in [0.05, 0.1) is 35.9 Å². The average molecular weight is 519 g/mol. The molecule has 1 aromatic heterocycles. The van der Waals surface area contributed by atoms with Crippen molar-refractivity contribution in [3.05, 3.63) is 89.5 Å². The maximum absolute atomic E-state index is 12.1. The van der Waals surface area contributed by atoms with E-state index in [1.165, 1.54) is 5.56 Å². The van der Waals surface area contributed by atoms with E-state index in [4.69, 9.17) is 9.73 Å². The molecule has 1 aliphatic heterocycles. The van der Waals surface area contributed by atoms with Crippen LogP contribution in [-0.4, -0.2) is 61.2 Å². The van der Waals surface area contributed by atoms with Crippen LogP contribution in [0, 0.1) is 0 Å². The van der Waals surface area contributed by atoms with E-state index in [0.29, 0.717) is 27.9 Å². The molecule has 3 N–H and O–H groups in total. The second-order valence-electron chi connectivity index (χ2n) is 9.00. The molecule has 5 rings (SSSR count). The van der Waals surface area contributed by atoms with Gasteiger partial charge in [-0.2, -0.15) is 0 Å². The number of ether oxygens (including phenoxy) is 1. The van der Waals surface area contributed by atoms with Gasteiger partial charge in [-0.25, -0.2) is 13.4 Å². The van der Waals surface area contributed by atoms with E-state index in [-0.39, 0.29) is 11.6 Å². The summed E-state index contributed by atoms with van der Waals surface area (Å²) in [6.07, 6.45) is 0.